The molecule has 0 spiro atoms. The van der Waals surface area contributed by atoms with E-state index < -0.39 is 0 Å². The van der Waals surface area contributed by atoms with Crippen molar-refractivity contribution in [2.75, 3.05) is 11.9 Å². The molecule has 5 nitrogen and oxygen atoms in total. The monoisotopic (exact) mass is 230 g/mol. The van der Waals surface area contributed by atoms with Crippen LogP contribution in [0.5, 0.6) is 0 Å². The highest BCUT2D eigenvalue weighted by molar-refractivity contribution is 5.61. The number of nitrogens with one attached hydrogen (secondary N) is 2. The summed E-state index contributed by atoms with van der Waals surface area (Å²) in [5.74, 6) is 0.686. The van der Waals surface area contributed by atoms with Gasteiger partial charge in [-0.05, 0) is 17.5 Å². The molecular formula is C12H14N4O. The van der Waals surface area contributed by atoms with Crippen LogP contribution < -0.4 is 10.6 Å². The van der Waals surface area contributed by atoms with Crippen molar-refractivity contribution < 1.29 is 4.52 Å². The van der Waals surface area contributed by atoms with Gasteiger partial charge in [0.15, 0.2) is 5.82 Å². The van der Waals surface area contributed by atoms with Gasteiger partial charge in [-0.3, -0.25) is 0 Å². The van der Waals surface area contributed by atoms with Crippen molar-refractivity contribution in [3.63, 3.8) is 0 Å². The first-order valence-corrected chi connectivity index (χ1v) is 5.74. The number of aromatic nitrogens is 2. The van der Waals surface area contributed by atoms with E-state index in [9.17, 15) is 0 Å². The topological polar surface area (TPSA) is 63.0 Å². The van der Waals surface area contributed by atoms with E-state index in [1.54, 1.807) is 0 Å². The van der Waals surface area contributed by atoms with Crippen LogP contribution >= 0.6 is 0 Å². The Morgan fingerprint density at radius 3 is 3.24 bits per heavy atom. The Bertz CT molecular complexity index is 495. The molecule has 2 N–H and O–H groups in total. The number of rotatable bonds is 4. The van der Waals surface area contributed by atoms with Gasteiger partial charge in [-0.2, -0.15) is 4.98 Å². The minimum absolute atomic E-state index is 0.625. The van der Waals surface area contributed by atoms with Crippen LogP contribution in [0.25, 0.3) is 0 Å². The number of hydrogen-bond acceptors (Lipinski definition) is 5. The lowest BCUT2D eigenvalue weighted by atomic mass is 10.1. The molecule has 0 saturated carbocycles. The molecule has 0 saturated heterocycles. The second-order valence-corrected chi connectivity index (χ2v) is 4.08. The molecule has 0 radical (unpaired) electrons. The Hall–Kier alpha value is -1.88. The number of nitrogens with zero attached hydrogens (tertiary/aromatic N) is 2. The third kappa shape index (κ3) is 2.14. The molecule has 1 aromatic carbocycles. The van der Waals surface area contributed by atoms with Crippen molar-refractivity contribution in [3.05, 3.63) is 41.5 Å². The van der Waals surface area contributed by atoms with Crippen molar-refractivity contribution >= 4 is 5.69 Å². The Balaban J connectivity index is 1.64. The molecule has 3 rings (SSSR count). The van der Waals surface area contributed by atoms with Crippen molar-refractivity contribution in [3.8, 4) is 0 Å². The maximum absolute atomic E-state index is 4.68. The Morgan fingerprint density at radius 2 is 2.35 bits per heavy atom. The van der Waals surface area contributed by atoms with Crippen LogP contribution in [0.1, 0.15) is 17.0 Å². The summed E-state index contributed by atoms with van der Waals surface area (Å²) in [4.78, 5) is 3.96. The van der Waals surface area contributed by atoms with Crippen molar-refractivity contribution in [2.24, 2.45) is 0 Å². The van der Waals surface area contributed by atoms with E-state index in [1.807, 2.05) is 0 Å². The van der Waals surface area contributed by atoms with E-state index in [2.05, 4.69) is 43.5 Å². The third-order valence-corrected chi connectivity index (χ3v) is 2.94. The summed E-state index contributed by atoms with van der Waals surface area (Å²) in [6.07, 6.45) is 2.47. The zero-order valence-electron chi connectivity index (χ0n) is 9.44. The first-order chi connectivity index (χ1) is 8.43. The molecule has 1 aromatic heterocycles. The number of benzene rings is 1. The fraction of sp³-hybridized carbons (Fsp3) is 0.333. The molecule has 0 atom stereocenters. The first-order valence-electron chi connectivity index (χ1n) is 5.74. The van der Waals surface area contributed by atoms with Crippen LogP contribution in [0.4, 0.5) is 5.69 Å². The molecule has 2 aromatic rings. The SMILES string of the molecule is c1cc2c(c(CNCc3ncon3)c1)NCC2. The lowest BCUT2D eigenvalue weighted by Gasteiger charge is -2.08. The smallest absolute Gasteiger partial charge is 0.213 e. The minimum atomic E-state index is 0.625. The highest BCUT2D eigenvalue weighted by Crippen LogP contribution is 2.26. The maximum Gasteiger partial charge on any atom is 0.213 e. The van der Waals surface area contributed by atoms with E-state index in [4.69, 9.17) is 0 Å². The summed E-state index contributed by atoms with van der Waals surface area (Å²) in [5.41, 5.74) is 3.99. The Labute approximate surface area is 99.2 Å². The van der Waals surface area contributed by atoms with Crippen molar-refractivity contribution in [1.29, 1.82) is 0 Å². The van der Waals surface area contributed by atoms with Crippen LogP contribution in [0.3, 0.4) is 0 Å². The van der Waals surface area contributed by atoms with E-state index >= 15 is 0 Å². The van der Waals surface area contributed by atoms with Gasteiger partial charge >= 0.3 is 0 Å². The Kier molecular flexibility index (Phi) is 2.75. The third-order valence-electron chi connectivity index (χ3n) is 2.94. The number of para-hydroxylation sites is 1. The summed E-state index contributed by atoms with van der Waals surface area (Å²) in [7, 11) is 0. The van der Waals surface area contributed by atoms with Crippen LogP contribution in [-0.2, 0) is 19.5 Å². The van der Waals surface area contributed by atoms with E-state index in [1.165, 1.54) is 23.2 Å². The second-order valence-electron chi connectivity index (χ2n) is 4.08. The molecule has 1 aliphatic rings. The average Bonchev–Trinajstić information content (AvgIpc) is 2.99. The maximum atomic E-state index is 4.68. The molecule has 0 amide bonds. The van der Waals surface area contributed by atoms with Crippen LogP contribution in [-0.4, -0.2) is 16.7 Å². The van der Waals surface area contributed by atoms with Gasteiger partial charge in [-0.1, -0.05) is 23.4 Å². The minimum Gasteiger partial charge on any atom is -0.384 e. The zero-order chi connectivity index (χ0) is 11.5. The van der Waals surface area contributed by atoms with Gasteiger partial charge < -0.3 is 15.2 Å². The van der Waals surface area contributed by atoms with Gasteiger partial charge in [0.1, 0.15) is 0 Å². The average molecular weight is 230 g/mol. The van der Waals surface area contributed by atoms with E-state index in [-0.39, 0.29) is 0 Å². The predicted octanol–water partition coefficient (Wildman–Crippen LogP) is 1.33. The molecule has 0 aliphatic carbocycles. The first kappa shape index (κ1) is 10.3. The highest BCUT2D eigenvalue weighted by atomic mass is 16.5. The summed E-state index contributed by atoms with van der Waals surface area (Å²) >= 11 is 0. The molecular weight excluding hydrogens is 216 g/mol. The summed E-state index contributed by atoms with van der Waals surface area (Å²) in [5, 5.41) is 10.5. The fourth-order valence-electron chi connectivity index (χ4n) is 2.14. The molecule has 5 heteroatoms. The summed E-state index contributed by atoms with van der Waals surface area (Å²) < 4.78 is 4.68. The van der Waals surface area contributed by atoms with Crippen molar-refractivity contribution in [1.82, 2.24) is 15.5 Å². The van der Waals surface area contributed by atoms with Gasteiger partial charge in [0.25, 0.3) is 0 Å². The van der Waals surface area contributed by atoms with E-state index in [0.29, 0.717) is 12.4 Å². The number of anilines is 1. The molecule has 0 unspecified atom stereocenters. The second kappa shape index (κ2) is 4.55. The normalized spacial score (nSPS) is 13.4. The summed E-state index contributed by atoms with van der Waals surface area (Å²) in [6.45, 7) is 2.47. The lowest BCUT2D eigenvalue weighted by Crippen LogP contribution is -2.14. The lowest BCUT2D eigenvalue weighted by molar-refractivity contribution is 0.407. The standard InChI is InChI=1S/C12H14N4O/c1-2-9-4-5-14-12(9)10(3-1)6-13-7-11-15-8-17-16-11/h1-3,8,13-14H,4-7H2. The molecule has 2 heterocycles. The highest BCUT2D eigenvalue weighted by Gasteiger charge is 2.12. The van der Waals surface area contributed by atoms with Crippen LogP contribution in [0.15, 0.2) is 29.1 Å². The van der Waals surface area contributed by atoms with E-state index in [0.717, 1.165) is 19.5 Å². The van der Waals surface area contributed by atoms with Gasteiger partial charge in [0.2, 0.25) is 6.39 Å². The molecule has 88 valence electrons. The largest absolute Gasteiger partial charge is 0.384 e. The number of fused-ring (bicyclic) bond motifs is 1. The molecule has 0 bridgehead atoms. The fourth-order valence-corrected chi connectivity index (χ4v) is 2.14. The van der Waals surface area contributed by atoms with Gasteiger partial charge in [-0.25, -0.2) is 0 Å². The number of hydrogen-bond donors (Lipinski definition) is 2. The van der Waals surface area contributed by atoms with Gasteiger partial charge in [-0.15, -0.1) is 0 Å². The van der Waals surface area contributed by atoms with Gasteiger partial charge in [0.05, 0.1) is 6.54 Å². The van der Waals surface area contributed by atoms with Crippen LogP contribution in [0, 0.1) is 0 Å². The van der Waals surface area contributed by atoms with Crippen molar-refractivity contribution in [2.45, 2.75) is 19.5 Å². The molecule has 17 heavy (non-hydrogen) atoms. The molecule has 1 aliphatic heterocycles. The summed E-state index contributed by atoms with van der Waals surface area (Å²) in [6, 6.07) is 6.43. The zero-order valence-corrected chi connectivity index (χ0v) is 9.44. The quantitative estimate of drug-likeness (QED) is 0.829. The Morgan fingerprint density at radius 1 is 1.35 bits per heavy atom. The predicted molar refractivity (Wildman–Crippen MR) is 63.5 cm³/mol. The van der Waals surface area contributed by atoms with Gasteiger partial charge in [0, 0.05) is 18.8 Å². The van der Waals surface area contributed by atoms with Crippen LogP contribution in [0.2, 0.25) is 0 Å². The molecule has 0 fully saturated rings.